The van der Waals surface area contributed by atoms with Crippen LogP contribution in [-0.2, 0) is 16.8 Å². The Morgan fingerprint density at radius 3 is 2.70 bits per heavy atom. The first-order valence-electron chi connectivity index (χ1n) is 7.23. The van der Waals surface area contributed by atoms with Gasteiger partial charge in [-0.15, -0.1) is 0 Å². The molecule has 102 valence electrons. The second-order valence-electron chi connectivity index (χ2n) is 6.32. The van der Waals surface area contributed by atoms with Crippen molar-refractivity contribution in [3.63, 3.8) is 0 Å². The number of hydrogen-bond acceptors (Lipinski definition) is 2. The highest BCUT2D eigenvalue weighted by Crippen LogP contribution is 2.48. The van der Waals surface area contributed by atoms with Crippen molar-refractivity contribution < 1.29 is 4.74 Å². The van der Waals surface area contributed by atoms with Gasteiger partial charge in [0.2, 0.25) is 0 Å². The maximum Gasteiger partial charge on any atom is 0.0914 e. The van der Waals surface area contributed by atoms with E-state index < -0.39 is 0 Å². The van der Waals surface area contributed by atoms with Gasteiger partial charge >= 0.3 is 0 Å². The minimum atomic E-state index is 0.0139. The third-order valence-corrected chi connectivity index (χ3v) is 4.75. The molecule has 2 heteroatoms. The number of benzene rings is 2. The second-order valence-corrected chi connectivity index (χ2v) is 6.32. The summed E-state index contributed by atoms with van der Waals surface area (Å²) in [5, 5.41) is 3.69. The van der Waals surface area contributed by atoms with Crippen LogP contribution < -0.4 is 5.32 Å². The van der Waals surface area contributed by atoms with E-state index in [9.17, 15) is 0 Å². The Labute approximate surface area is 119 Å². The smallest absolute Gasteiger partial charge is 0.0914 e. The lowest BCUT2D eigenvalue weighted by Gasteiger charge is -2.48. The lowest BCUT2D eigenvalue weighted by Crippen LogP contribution is -2.49. The van der Waals surface area contributed by atoms with Gasteiger partial charge in [-0.25, -0.2) is 0 Å². The number of para-hydroxylation sites is 1. The van der Waals surface area contributed by atoms with Gasteiger partial charge in [-0.2, -0.15) is 0 Å². The van der Waals surface area contributed by atoms with E-state index in [1.165, 1.54) is 22.4 Å². The fraction of sp³-hybridized carbons (Fsp3) is 0.333. The molecule has 2 aliphatic rings. The molecule has 2 aromatic rings. The summed E-state index contributed by atoms with van der Waals surface area (Å²) in [5.74, 6) is 0. The Hall–Kier alpha value is -1.80. The SMILES string of the molecule is CC1(C)c2ccccc2N[C@H]2c3ccccc3CO[C@@H]21. The number of ether oxygens (including phenoxy) is 1. The number of hydrogen-bond donors (Lipinski definition) is 1. The number of nitrogens with one attached hydrogen (secondary N) is 1. The van der Waals surface area contributed by atoms with Crippen molar-refractivity contribution in [3.8, 4) is 0 Å². The molecular weight excluding hydrogens is 246 g/mol. The van der Waals surface area contributed by atoms with Gasteiger partial charge in [0, 0.05) is 11.1 Å². The van der Waals surface area contributed by atoms with Gasteiger partial charge in [0.25, 0.3) is 0 Å². The fourth-order valence-electron chi connectivity index (χ4n) is 3.68. The Kier molecular flexibility index (Phi) is 2.45. The van der Waals surface area contributed by atoms with E-state index in [-0.39, 0.29) is 17.6 Å². The number of anilines is 1. The molecule has 0 fully saturated rings. The first kappa shape index (κ1) is 12.0. The molecule has 20 heavy (non-hydrogen) atoms. The molecule has 2 nitrogen and oxygen atoms in total. The van der Waals surface area contributed by atoms with Crippen LogP contribution >= 0.6 is 0 Å². The number of rotatable bonds is 0. The quantitative estimate of drug-likeness (QED) is 0.776. The van der Waals surface area contributed by atoms with Gasteiger partial charge in [-0.3, -0.25) is 0 Å². The van der Waals surface area contributed by atoms with Gasteiger partial charge in [-0.1, -0.05) is 56.3 Å². The molecule has 0 saturated carbocycles. The van der Waals surface area contributed by atoms with Crippen LogP contribution in [-0.4, -0.2) is 6.10 Å². The van der Waals surface area contributed by atoms with Crippen LogP contribution in [0.1, 0.15) is 36.6 Å². The molecule has 1 N–H and O–H groups in total. The predicted octanol–water partition coefficient (Wildman–Crippen LogP) is 4.03. The monoisotopic (exact) mass is 265 g/mol. The largest absolute Gasteiger partial charge is 0.375 e. The zero-order valence-corrected chi connectivity index (χ0v) is 11.9. The second kappa shape index (κ2) is 4.10. The average molecular weight is 265 g/mol. The summed E-state index contributed by atoms with van der Waals surface area (Å²) in [6, 6.07) is 17.4. The van der Waals surface area contributed by atoms with Crippen molar-refractivity contribution in [1.29, 1.82) is 0 Å². The van der Waals surface area contributed by atoms with Crippen LogP contribution in [0, 0.1) is 0 Å². The molecule has 0 unspecified atom stereocenters. The minimum Gasteiger partial charge on any atom is -0.375 e. The summed E-state index contributed by atoms with van der Waals surface area (Å²) in [6.07, 6.45) is 0.173. The number of fused-ring (bicyclic) bond motifs is 4. The fourth-order valence-corrected chi connectivity index (χ4v) is 3.68. The zero-order valence-electron chi connectivity index (χ0n) is 11.9. The van der Waals surface area contributed by atoms with E-state index in [1.807, 2.05) is 0 Å². The van der Waals surface area contributed by atoms with Gasteiger partial charge in [-0.05, 0) is 22.8 Å². The van der Waals surface area contributed by atoms with Crippen molar-refractivity contribution in [2.24, 2.45) is 0 Å². The predicted molar refractivity (Wildman–Crippen MR) is 80.9 cm³/mol. The van der Waals surface area contributed by atoms with E-state index in [1.54, 1.807) is 0 Å². The van der Waals surface area contributed by atoms with E-state index >= 15 is 0 Å². The van der Waals surface area contributed by atoms with Crippen molar-refractivity contribution in [2.75, 3.05) is 5.32 Å². The molecule has 2 atom stereocenters. The van der Waals surface area contributed by atoms with Crippen LogP contribution in [0.15, 0.2) is 48.5 Å². The molecule has 0 saturated heterocycles. The third-order valence-electron chi connectivity index (χ3n) is 4.75. The highest BCUT2D eigenvalue weighted by molar-refractivity contribution is 5.60. The van der Waals surface area contributed by atoms with Crippen LogP contribution in [0.4, 0.5) is 5.69 Å². The van der Waals surface area contributed by atoms with Gasteiger partial charge in [0.1, 0.15) is 0 Å². The molecule has 2 heterocycles. The first-order valence-corrected chi connectivity index (χ1v) is 7.23. The maximum atomic E-state index is 6.22. The normalized spacial score (nSPS) is 25.9. The molecule has 2 aliphatic heterocycles. The summed E-state index contributed by atoms with van der Waals surface area (Å²) in [7, 11) is 0. The molecule has 0 spiro atoms. The minimum absolute atomic E-state index is 0.0139. The summed E-state index contributed by atoms with van der Waals surface area (Å²) in [5.41, 5.74) is 5.28. The van der Waals surface area contributed by atoms with Crippen LogP contribution in [0.3, 0.4) is 0 Å². The van der Waals surface area contributed by atoms with Crippen LogP contribution in [0.25, 0.3) is 0 Å². The van der Waals surface area contributed by atoms with Crippen molar-refractivity contribution in [1.82, 2.24) is 0 Å². The van der Waals surface area contributed by atoms with Gasteiger partial charge < -0.3 is 10.1 Å². The topological polar surface area (TPSA) is 21.3 Å². The van der Waals surface area contributed by atoms with Crippen molar-refractivity contribution in [2.45, 2.75) is 38.0 Å². The highest BCUT2D eigenvalue weighted by atomic mass is 16.5. The molecular formula is C18H19NO. The maximum absolute atomic E-state index is 6.22. The summed E-state index contributed by atoms with van der Waals surface area (Å²) >= 11 is 0. The molecule has 4 rings (SSSR count). The highest BCUT2D eigenvalue weighted by Gasteiger charge is 2.46. The van der Waals surface area contributed by atoms with E-state index in [4.69, 9.17) is 4.74 Å². The lowest BCUT2D eigenvalue weighted by molar-refractivity contribution is -0.0324. The Bertz CT molecular complexity index is 662. The molecule has 0 radical (unpaired) electrons. The zero-order chi connectivity index (χ0) is 13.7. The van der Waals surface area contributed by atoms with Gasteiger partial charge in [0.15, 0.2) is 0 Å². The van der Waals surface area contributed by atoms with E-state index in [0.717, 1.165) is 0 Å². The Balaban J connectivity index is 1.88. The first-order chi connectivity index (χ1) is 9.68. The van der Waals surface area contributed by atoms with Crippen molar-refractivity contribution in [3.05, 3.63) is 65.2 Å². The molecule has 0 aromatic heterocycles. The average Bonchev–Trinajstić information content (AvgIpc) is 2.47. The van der Waals surface area contributed by atoms with Crippen LogP contribution in [0.5, 0.6) is 0 Å². The Morgan fingerprint density at radius 1 is 1.05 bits per heavy atom. The van der Waals surface area contributed by atoms with Crippen LogP contribution in [0.2, 0.25) is 0 Å². The Morgan fingerprint density at radius 2 is 1.80 bits per heavy atom. The van der Waals surface area contributed by atoms with Gasteiger partial charge in [0.05, 0.1) is 18.8 Å². The van der Waals surface area contributed by atoms with E-state index in [0.29, 0.717) is 6.61 Å². The standard InChI is InChI=1S/C18H19NO/c1-18(2)14-9-5-6-10-15(14)19-16-13-8-4-3-7-12(13)11-20-17(16)18/h3-10,16-17,19H,11H2,1-2H3/t16-,17-/m0/s1. The lowest BCUT2D eigenvalue weighted by atomic mass is 9.70. The van der Waals surface area contributed by atoms with E-state index in [2.05, 4.69) is 67.7 Å². The molecule has 2 aromatic carbocycles. The molecule has 0 amide bonds. The van der Waals surface area contributed by atoms with Crippen molar-refractivity contribution >= 4 is 5.69 Å². The summed E-state index contributed by atoms with van der Waals surface area (Å²) < 4.78 is 6.22. The molecule has 0 aliphatic carbocycles. The summed E-state index contributed by atoms with van der Waals surface area (Å²) in [6.45, 7) is 5.29. The molecule has 0 bridgehead atoms. The summed E-state index contributed by atoms with van der Waals surface area (Å²) in [4.78, 5) is 0. The third kappa shape index (κ3) is 1.55.